The van der Waals surface area contributed by atoms with Crippen LogP contribution in [0.2, 0.25) is 5.02 Å². The van der Waals surface area contributed by atoms with E-state index in [0.29, 0.717) is 11.6 Å². The van der Waals surface area contributed by atoms with E-state index in [1.54, 1.807) is 36.7 Å². The van der Waals surface area contributed by atoms with E-state index < -0.39 is 10.0 Å². The van der Waals surface area contributed by atoms with Gasteiger partial charge < -0.3 is 4.74 Å². The van der Waals surface area contributed by atoms with E-state index in [4.69, 9.17) is 16.3 Å². The van der Waals surface area contributed by atoms with Crippen LogP contribution in [0.5, 0.6) is 6.01 Å². The Kier molecular flexibility index (Phi) is 4.79. The second-order valence-electron chi connectivity index (χ2n) is 5.23. The molecule has 0 aliphatic carbocycles. The predicted molar refractivity (Wildman–Crippen MR) is 85.9 cm³/mol. The highest BCUT2D eigenvalue weighted by Gasteiger charge is 2.31. The summed E-state index contributed by atoms with van der Waals surface area (Å²) >= 11 is 5.90. The van der Waals surface area contributed by atoms with Crippen LogP contribution in [-0.2, 0) is 10.0 Å². The van der Waals surface area contributed by atoms with E-state index in [9.17, 15) is 8.42 Å². The van der Waals surface area contributed by atoms with Gasteiger partial charge >= 0.3 is 6.01 Å². The minimum Gasteiger partial charge on any atom is -0.459 e. The minimum atomic E-state index is -3.58. The Morgan fingerprint density at radius 1 is 1.22 bits per heavy atom. The van der Waals surface area contributed by atoms with Crippen molar-refractivity contribution < 1.29 is 13.2 Å². The first-order chi connectivity index (χ1) is 11.1. The SMILES string of the molecule is O=S(=O)(c1cccc(Cl)c1)N1CCCC(Oc2ncccn2)C1. The Bertz CT molecular complexity index is 771. The largest absolute Gasteiger partial charge is 0.459 e. The van der Waals surface area contributed by atoms with Gasteiger partial charge in [-0.25, -0.2) is 18.4 Å². The van der Waals surface area contributed by atoms with Gasteiger partial charge in [0.15, 0.2) is 0 Å². The van der Waals surface area contributed by atoms with Crippen molar-refractivity contribution in [1.29, 1.82) is 0 Å². The molecule has 0 amide bonds. The molecule has 0 bridgehead atoms. The Balaban J connectivity index is 1.75. The zero-order valence-electron chi connectivity index (χ0n) is 12.3. The molecule has 1 fully saturated rings. The molecule has 2 heterocycles. The van der Waals surface area contributed by atoms with Crippen molar-refractivity contribution >= 4 is 21.6 Å². The lowest BCUT2D eigenvalue weighted by atomic mass is 10.1. The van der Waals surface area contributed by atoms with Gasteiger partial charge in [0, 0.05) is 24.0 Å². The molecule has 1 saturated heterocycles. The average molecular weight is 354 g/mol. The van der Waals surface area contributed by atoms with Gasteiger partial charge in [-0.05, 0) is 37.1 Å². The molecule has 0 spiro atoms. The van der Waals surface area contributed by atoms with Crippen molar-refractivity contribution in [3.05, 3.63) is 47.7 Å². The molecular weight excluding hydrogens is 338 g/mol. The summed E-state index contributed by atoms with van der Waals surface area (Å²) in [5, 5.41) is 0.397. The number of hydrogen-bond donors (Lipinski definition) is 0. The molecule has 23 heavy (non-hydrogen) atoms. The number of benzene rings is 1. The fraction of sp³-hybridized carbons (Fsp3) is 0.333. The minimum absolute atomic E-state index is 0.196. The predicted octanol–water partition coefficient (Wildman–Crippen LogP) is 2.36. The molecule has 3 rings (SSSR count). The number of rotatable bonds is 4. The summed E-state index contributed by atoms with van der Waals surface area (Å²) < 4.78 is 32.5. The molecule has 0 radical (unpaired) electrons. The van der Waals surface area contributed by atoms with E-state index in [1.165, 1.54) is 10.4 Å². The molecule has 2 aromatic rings. The lowest BCUT2D eigenvalue weighted by Gasteiger charge is -2.31. The molecule has 0 saturated carbocycles. The fourth-order valence-corrected chi connectivity index (χ4v) is 4.30. The van der Waals surface area contributed by atoms with E-state index in [0.717, 1.165) is 12.8 Å². The second kappa shape index (κ2) is 6.82. The zero-order valence-corrected chi connectivity index (χ0v) is 13.9. The monoisotopic (exact) mass is 353 g/mol. The van der Waals surface area contributed by atoms with Crippen molar-refractivity contribution in [3.8, 4) is 6.01 Å². The zero-order chi connectivity index (χ0) is 16.3. The third-order valence-electron chi connectivity index (χ3n) is 3.59. The molecule has 1 aromatic carbocycles. The number of sulfonamides is 1. The van der Waals surface area contributed by atoms with Gasteiger partial charge in [0.05, 0.1) is 11.4 Å². The van der Waals surface area contributed by atoms with Crippen molar-refractivity contribution in [2.24, 2.45) is 0 Å². The summed E-state index contributed by atoms with van der Waals surface area (Å²) in [6, 6.07) is 8.25. The highest BCUT2D eigenvalue weighted by molar-refractivity contribution is 7.89. The van der Waals surface area contributed by atoms with E-state index in [-0.39, 0.29) is 23.6 Å². The van der Waals surface area contributed by atoms with E-state index in [2.05, 4.69) is 9.97 Å². The van der Waals surface area contributed by atoms with Gasteiger partial charge in [-0.1, -0.05) is 17.7 Å². The Hall–Kier alpha value is -1.70. The first-order valence-electron chi connectivity index (χ1n) is 7.25. The maximum atomic E-state index is 12.7. The maximum absolute atomic E-state index is 12.7. The maximum Gasteiger partial charge on any atom is 0.316 e. The number of hydrogen-bond acceptors (Lipinski definition) is 5. The Labute approximate surface area is 140 Å². The lowest BCUT2D eigenvalue weighted by molar-refractivity contribution is 0.119. The van der Waals surface area contributed by atoms with Crippen LogP contribution in [-0.4, -0.2) is 41.9 Å². The van der Waals surface area contributed by atoms with Crippen molar-refractivity contribution in [2.75, 3.05) is 13.1 Å². The molecule has 0 N–H and O–H groups in total. The summed E-state index contributed by atoms with van der Waals surface area (Å²) in [5.41, 5.74) is 0. The molecule has 1 unspecified atom stereocenters. The van der Waals surface area contributed by atoms with Gasteiger partial charge in [0.2, 0.25) is 10.0 Å². The topological polar surface area (TPSA) is 72.4 Å². The number of aromatic nitrogens is 2. The highest BCUT2D eigenvalue weighted by Crippen LogP contribution is 2.24. The molecular formula is C15H16ClN3O3S. The third-order valence-corrected chi connectivity index (χ3v) is 5.69. The normalized spacial score (nSPS) is 19.4. The van der Waals surface area contributed by atoms with Crippen LogP contribution in [0.4, 0.5) is 0 Å². The number of nitrogens with zero attached hydrogens (tertiary/aromatic N) is 3. The number of halogens is 1. The van der Waals surface area contributed by atoms with Crippen LogP contribution in [0.15, 0.2) is 47.6 Å². The molecule has 8 heteroatoms. The summed E-state index contributed by atoms with van der Waals surface area (Å²) in [6.45, 7) is 0.734. The number of ether oxygens (including phenoxy) is 1. The molecule has 1 aliphatic rings. The second-order valence-corrected chi connectivity index (χ2v) is 7.61. The van der Waals surface area contributed by atoms with Gasteiger partial charge in [-0.15, -0.1) is 0 Å². The molecule has 1 aromatic heterocycles. The first kappa shape index (κ1) is 16.2. The fourth-order valence-electron chi connectivity index (χ4n) is 2.49. The van der Waals surface area contributed by atoms with Gasteiger partial charge in [0.1, 0.15) is 6.10 Å². The summed E-state index contributed by atoms with van der Waals surface area (Å²) in [6.07, 6.45) is 4.40. The van der Waals surface area contributed by atoms with E-state index in [1.807, 2.05) is 0 Å². The molecule has 1 aliphatic heterocycles. The van der Waals surface area contributed by atoms with Crippen molar-refractivity contribution in [3.63, 3.8) is 0 Å². The molecule has 6 nitrogen and oxygen atoms in total. The summed E-state index contributed by atoms with van der Waals surface area (Å²) in [4.78, 5) is 8.22. The quantitative estimate of drug-likeness (QED) is 0.843. The third kappa shape index (κ3) is 3.80. The van der Waals surface area contributed by atoms with Gasteiger partial charge in [0.25, 0.3) is 0 Å². The highest BCUT2D eigenvalue weighted by atomic mass is 35.5. The van der Waals surface area contributed by atoms with Crippen LogP contribution >= 0.6 is 11.6 Å². The van der Waals surface area contributed by atoms with E-state index >= 15 is 0 Å². The smallest absolute Gasteiger partial charge is 0.316 e. The molecule has 122 valence electrons. The molecule has 1 atom stereocenters. The summed E-state index contributed by atoms with van der Waals surface area (Å²) in [5.74, 6) is 0. The van der Waals surface area contributed by atoms with Crippen LogP contribution in [0.25, 0.3) is 0 Å². The van der Waals surface area contributed by atoms with Crippen molar-refractivity contribution in [1.82, 2.24) is 14.3 Å². The van der Waals surface area contributed by atoms with Crippen LogP contribution in [0.1, 0.15) is 12.8 Å². The Morgan fingerprint density at radius 3 is 2.74 bits per heavy atom. The summed E-state index contributed by atoms with van der Waals surface area (Å²) in [7, 11) is -3.58. The van der Waals surface area contributed by atoms with Gasteiger partial charge in [-0.3, -0.25) is 0 Å². The van der Waals surface area contributed by atoms with Gasteiger partial charge in [-0.2, -0.15) is 4.31 Å². The van der Waals surface area contributed by atoms with Crippen LogP contribution in [0.3, 0.4) is 0 Å². The average Bonchev–Trinajstić information content (AvgIpc) is 2.56. The standard InChI is InChI=1S/C15H16ClN3O3S/c16-12-4-1-6-14(10-12)23(20,21)19-9-2-5-13(11-19)22-15-17-7-3-8-18-15/h1,3-4,6-8,10,13H,2,5,9,11H2. The van der Waals surface area contributed by atoms with Crippen LogP contribution in [0, 0.1) is 0 Å². The van der Waals surface area contributed by atoms with Crippen LogP contribution < -0.4 is 4.74 Å². The lowest BCUT2D eigenvalue weighted by Crippen LogP contribution is -2.44. The van der Waals surface area contributed by atoms with Crippen molar-refractivity contribution in [2.45, 2.75) is 23.8 Å². The number of piperidine rings is 1. The Morgan fingerprint density at radius 2 is 2.00 bits per heavy atom. The first-order valence-corrected chi connectivity index (χ1v) is 9.07.